The summed E-state index contributed by atoms with van der Waals surface area (Å²) in [6, 6.07) is 4.55. The van der Waals surface area contributed by atoms with Crippen molar-refractivity contribution < 1.29 is 40.7 Å². The number of sulfone groups is 1. The summed E-state index contributed by atoms with van der Waals surface area (Å²) < 4.78 is 73.2. The number of nitrogens with zero attached hydrogens (tertiary/aromatic N) is 2. The maximum Gasteiger partial charge on any atom is 0.422 e. The SMILES string of the molecule is CCOC1CC(n2nc3c(c2NC(=O)CS(C)(=O)=O)C(=O)N[C@@]2(CCc4cc(OCC(F)(F)F)ccc42)C3)C1. The predicted molar refractivity (Wildman–Crippen MR) is 133 cm³/mol. The summed E-state index contributed by atoms with van der Waals surface area (Å²) in [6.07, 6.45) is -0.903. The number of anilines is 1. The minimum absolute atomic E-state index is 0.0245. The summed E-state index contributed by atoms with van der Waals surface area (Å²) in [6.45, 7) is 1.05. The lowest BCUT2D eigenvalue weighted by atomic mass is 9.82. The molecule has 3 aliphatic rings. The summed E-state index contributed by atoms with van der Waals surface area (Å²) >= 11 is 0. The van der Waals surface area contributed by atoms with Gasteiger partial charge in [0, 0.05) is 19.3 Å². The monoisotopic (exact) mass is 570 g/mol. The molecule has 2 heterocycles. The average Bonchev–Trinajstić information content (AvgIpc) is 3.31. The molecule has 1 atom stereocenters. The minimum atomic E-state index is -4.45. The quantitative estimate of drug-likeness (QED) is 0.499. The van der Waals surface area contributed by atoms with Crippen molar-refractivity contribution in [3.8, 4) is 5.75 Å². The first kappa shape index (κ1) is 27.4. The van der Waals surface area contributed by atoms with Gasteiger partial charge in [0.05, 0.1) is 23.4 Å². The Labute approximate surface area is 223 Å². The van der Waals surface area contributed by atoms with Gasteiger partial charge in [-0.25, -0.2) is 13.1 Å². The Bertz CT molecular complexity index is 1420. The molecule has 14 heteroatoms. The van der Waals surface area contributed by atoms with Crippen LogP contribution in [0.4, 0.5) is 19.0 Å². The molecule has 2 amide bonds. The third kappa shape index (κ3) is 5.62. The second-order valence-corrected chi connectivity index (χ2v) is 12.5. The molecular formula is C25H29F3N4O6S. The first-order chi connectivity index (χ1) is 18.3. The second-order valence-electron chi connectivity index (χ2n) is 10.4. The molecule has 2 N–H and O–H groups in total. The van der Waals surface area contributed by atoms with E-state index in [2.05, 4.69) is 10.6 Å². The van der Waals surface area contributed by atoms with E-state index in [1.807, 2.05) is 6.92 Å². The van der Waals surface area contributed by atoms with Gasteiger partial charge in [0.25, 0.3) is 5.91 Å². The zero-order chi connectivity index (χ0) is 28.2. The number of alkyl halides is 3. The highest BCUT2D eigenvalue weighted by atomic mass is 32.2. The van der Waals surface area contributed by atoms with E-state index in [1.165, 1.54) is 6.07 Å². The fourth-order valence-electron chi connectivity index (χ4n) is 5.65. The third-order valence-electron chi connectivity index (χ3n) is 7.32. The highest BCUT2D eigenvalue weighted by molar-refractivity contribution is 7.91. The normalized spacial score (nSPS) is 24.1. The number of nitrogens with one attached hydrogen (secondary N) is 2. The Kier molecular flexibility index (Phi) is 6.90. The zero-order valence-electron chi connectivity index (χ0n) is 21.4. The Morgan fingerprint density at radius 2 is 2.05 bits per heavy atom. The van der Waals surface area contributed by atoms with E-state index in [1.54, 1.807) is 16.8 Å². The molecule has 2 aromatic rings. The molecule has 5 rings (SSSR count). The largest absolute Gasteiger partial charge is 0.484 e. The van der Waals surface area contributed by atoms with Crippen LogP contribution in [-0.2, 0) is 37.7 Å². The topological polar surface area (TPSA) is 129 Å². The first-order valence-electron chi connectivity index (χ1n) is 12.6. The van der Waals surface area contributed by atoms with Crippen molar-refractivity contribution in [2.45, 2.75) is 62.9 Å². The standard InChI is InChI=1S/C25H29F3N4O6S/c1-3-37-17-9-15(10-17)32-22(29-20(33)12-39(2,35)36)21-19(31-32)11-24(30-23(21)34)7-6-14-8-16(4-5-18(14)24)38-13-25(26,27)28/h4-5,8,15,17H,3,6-7,9-13H2,1-2H3,(H,29,33)(H,30,34)/t15?,17?,24-/m0/s1. The van der Waals surface area contributed by atoms with Gasteiger partial charge in [-0.3, -0.25) is 9.59 Å². The van der Waals surface area contributed by atoms with Gasteiger partial charge in [0.2, 0.25) is 5.91 Å². The van der Waals surface area contributed by atoms with Gasteiger partial charge in [0.15, 0.2) is 16.4 Å². The molecule has 1 aromatic heterocycles. The van der Waals surface area contributed by atoms with Crippen LogP contribution in [0, 0.1) is 0 Å². The molecule has 2 aliphatic carbocycles. The molecule has 1 aromatic carbocycles. The van der Waals surface area contributed by atoms with Crippen LogP contribution in [0.15, 0.2) is 18.2 Å². The van der Waals surface area contributed by atoms with Crippen molar-refractivity contribution >= 4 is 27.5 Å². The number of fused-ring (bicyclic) bond motifs is 3. The van der Waals surface area contributed by atoms with Crippen LogP contribution in [0.3, 0.4) is 0 Å². The number of aromatic nitrogens is 2. The summed E-state index contributed by atoms with van der Waals surface area (Å²) in [5, 5.41) is 10.4. The summed E-state index contributed by atoms with van der Waals surface area (Å²) in [5.41, 5.74) is 1.37. The van der Waals surface area contributed by atoms with E-state index in [9.17, 15) is 31.2 Å². The number of carbonyl (C=O) groups is 2. The molecule has 1 fully saturated rings. The van der Waals surface area contributed by atoms with E-state index in [4.69, 9.17) is 14.6 Å². The predicted octanol–water partition coefficient (Wildman–Crippen LogP) is 2.67. The number of carbonyl (C=O) groups excluding carboxylic acids is 2. The van der Waals surface area contributed by atoms with Crippen LogP contribution < -0.4 is 15.4 Å². The zero-order valence-corrected chi connectivity index (χ0v) is 22.2. The highest BCUT2D eigenvalue weighted by Gasteiger charge is 2.47. The van der Waals surface area contributed by atoms with Crippen molar-refractivity contribution in [2.24, 2.45) is 0 Å². The number of aryl methyl sites for hydroxylation is 1. The molecule has 39 heavy (non-hydrogen) atoms. The van der Waals surface area contributed by atoms with Gasteiger partial charge in [-0.15, -0.1) is 0 Å². The van der Waals surface area contributed by atoms with Crippen LogP contribution in [-0.4, -0.2) is 67.5 Å². The number of amides is 2. The number of halogens is 3. The van der Waals surface area contributed by atoms with E-state index < -0.39 is 45.7 Å². The average molecular weight is 571 g/mol. The lowest BCUT2D eigenvalue weighted by Gasteiger charge is -2.35. The Morgan fingerprint density at radius 3 is 2.72 bits per heavy atom. The van der Waals surface area contributed by atoms with Crippen molar-refractivity contribution in [1.82, 2.24) is 15.1 Å². The Hall–Kier alpha value is -3.13. The first-order valence-corrected chi connectivity index (χ1v) is 14.7. The molecule has 0 saturated heterocycles. The molecule has 1 saturated carbocycles. The molecule has 0 radical (unpaired) electrons. The lowest BCUT2D eigenvalue weighted by Crippen LogP contribution is -2.49. The van der Waals surface area contributed by atoms with Crippen LogP contribution in [0.25, 0.3) is 0 Å². The summed E-state index contributed by atoms with van der Waals surface area (Å²) in [5.74, 6) is -1.73. The molecule has 0 unspecified atom stereocenters. The van der Waals surface area contributed by atoms with E-state index in [0.29, 0.717) is 44.4 Å². The highest BCUT2D eigenvalue weighted by Crippen LogP contribution is 2.46. The van der Waals surface area contributed by atoms with Crippen LogP contribution >= 0.6 is 0 Å². The lowest BCUT2D eigenvalue weighted by molar-refractivity contribution is -0.153. The van der Waals surface area contributed by atoms with Crippen molar-refractivity contribution in [2.75, 3.05) is 30.5 Å². The minimum Gasteiger partial charge on any atom is -0.484 e. The molecule has 1 spiro atoms. The number of rotatable bonds is 8. The van der Waals surface area contributed by atoms with Crippen molar-refractivity contribution in [1.29, 1.82) is 0 Å². The smallest absolute Gasteiger partial charge is 0.422 e. The number of hydrogen-bond donors (Lipinski definition) is 2. The van der Waals surface area contributed by atoms with Gasteiger partial charge in [-0.05, 0) is 55.9 Å². The third-order valence-corrected chi connectivity index (χ3v) is 8.10. The maximum atomic E-state index is 13.5. The molecular weight excluding hydrogens is 541 g/mol. The van der Waals surface area contributed by atoms with Crippen molar-refractivity contribution in [3.63, 3.8) is 0 Å². The van der Waals surface area contributed by atoms with Crippen LogP contribution in [0.5, 0.6) is 5.75 Å². The molecule has 10 nitrogen and oxygen atoms in total. The van der Waals surface area contributed by atoms with Gasteiger partial charge < -0.3 is 20.1 Å². The van der Waals surface area contributed by atoms with Crippen LogP contribution in [0.1, 0.15) is 59.4 Å². The van der Waals surface area contributed by atoms with E-state index in [0.717, 1.165) is 17.4 Å². The maximum absolute atomic E-state index is 13.5. The fraction of sp³-hybridized carbons (Fsp3) is 0.560. The van der Waals surface area contributed by atoms with Gasteiger partial charge in [0.1, 0.15) is 22.9 Å². The summed E-state index contributed by atoms with van der Waals surface area (Å²) in [4.78, 5) is 26.1. The Morgan fingerprint density at radius 1 is 1.31 bits per heavy atom. The van der Waals surface area contributed by atoms with E-state index in [-0.39, 0.29) is 29.3 Å². The molecule has 1 aliphatic heterocycles. The molecule has 0 bridgehead atoms. The van der Waals surface area contributed by atoms with Crippen molar-refractivity contribution in [3.05, 3.63) is 40.6 Å². The number of benzene rings is 1. The second kappa shape index (κ2) is 9.81. The van der Waals surface area contributed by atoms with Gasteiger partial charge in [-0.1, -0.05) is 6.07 Å². The molecule has 212 valence electrons. The van der Waals surface area contributed by atoms with Crippen LogP contribution in [0.2, 0.25) is 0 Å². The summed E-state index contributed by atoms with van der Waals surface area (Å²) in [7, 11) is -3.60. The van der Waals surface area contributed by atoms with Gasteiger partial charge >= 0.3 is 6.18 Å². The number of hydrogen-bond acceptors (Lipinski definition) is 7. The fourth-order valence-corrected chi connectivity index (χ4v) is 6.20. The number of ether oxygens (including phenoxy) is 2. The van der Waals surface area contributed by atoms with Gasteiger partial charge in [-0.2, -0.15) is 18.3 Å². The van der Waals surface area contributed by atoms with E-state index >= 15 is 0 Å². The Balaban J connectivity index is 1.45.